The second kappa shape index (κ2) is 6.45. The Kier molecular flexibility index (Phi) is 4.47. The largest absolute Gasteiger partial charge is 0.462 e. The van der Waals surface area contributed by atoms with Gasteiger partial charge in [-0.1, -0.05) is 24.8 Å². The fraction of sp³-hybridized carbons (Fsp3) is 0.571. The number of hydrogen-bond acceptors (Lipinski definition) is 5. The van der Waals surface area contributed by atoms with Crippen LogP contribution in [0.1, 0.15) is 44.1 Å². The van der Waals surface area contributed by atoms with Crippen molar-refractivity contribution in [2.75, 3.05) is 6.61 Å². The molecule has 5 rings (SSSR count). The number of carbonyl (C=O) groups excluding carboxylic acids is 1. The summed E-state index contributed by atoms with van der Waals surface area (Å²) >= 11 is 0. The average molecular weight is 391 g/mol. The Morgan fingerprint density at radius 2 is 1.89 bits per heavy atom. The van der Waals surface area contributed by atoms with E-state index in [4.69, 9.17) is 8.92 Å². The fourth-order valence-electron chi connectivity index (χ4n) is 6.03. The molecule has 0 spiro atoms. The Morgan fingerprint density at radius 1 is 1.22 bits per heavy atom. The van der Waals surface area contributed by atoms with Crippen LogP contribution in [0.3, 0.4) is 0 Å². The molecular formula is C21H26O5S. The molecule has 5 nitrogen and oxygen atoms in total. The first-order valence-electron chi connectivity index (χ1n) is 9.55. The summed E-state index contributed by atoms with van der Waals surface area (Å²) in [5.74, 6) is 0.440. The van der Waals surface area contributed by atoms with Crippen molar-refractivity contribution in [2.45, 2.75) is 55.9 Å². The molecule has 6 heteroatoms. The number of hydrogen-bond donors (Lipinski definition) is 0. The number of benzene rings is 1. The molecule has 1 aromatic rings. The van der Waals surface area contributed by atoms with Crippen molar-refractivity contribution in [1.29, 1.82) is 0 Å². The van der Waals surface area contributed by atoms with Crippen molar-refractivity contribution in [2.24, 2.45) is 17.3 Å². The van der Waals surface area contributed by atoms with Crippen LogP contribution in [0.4, 0.5) is 0 Å². The van der Waals surface area contributed by atoms with E-state index in [0.717, 1.165) is 32.1 Å². The maximum atomic E-state index is 13.0. The van der Waals surface area contributed by atoms with E-state index in [0.29, 0.717) is 30.4 Å². The highest BCUT2D eigenvalue weighted by atomic mass is 32.2. The van der Waals surface area contributed by atoms with Gasteiger partial charge in [-0.3, -0.25) is 4.18 Å². The summed E-state index contributed by atoms with van der Waals surface area (Å²) in [7, 11) is -3.84. The lowest BCUT2D eigenvalue weighted by Gasteiger charge is -2.60. The average Bonchev–Trinajstić information content (AvgIpc) is 2.57. The number of aryl methyl sites for hydroxylation is 1. The van der Waals surface area contributed by atoms with Gasteiger partial charge in [-0.2, -0.15) is 8.42 Å². The third kappa shape index (κ3) is 3.45. The van der Waals surface area contributed by atoms with Crippen LogP contribution in [0.25, 0.3) is 0 Å². The Balaban J connectivity index is 1.60. The second-order valence-corrected chi connectivity index (χ2v) is 10.3. The lowest BCUT2D eigenvalue weighted by atomic mass is 9.48. The number of carbonyl (C=O) groups is 1. The minimum atomic E-state index is -3.84. The maximum absolute atomic E-state index is 13.0. The highest BCUT2D eigenvalue weighted by Gasteiger charge is 2.60. The molecule has 4 aliphatic rings. The molecule has 0 radical (unpaired) electrons. The van der Waals surface area contributed by atoms with Crippen molar-refractivity contribution in [3.8, 4) is 0 Å². The third-order valence-corrected chi connectivity index (χ3v) is 8.03. The van der Waals surface area contributed by atoms with Gasteiger partial charge in [-0.05, 0) is 68.9 Å². The predicted octanol–water partition coefficient (Wildman–Crippen LogP) is 3.77. The third-order valence-electron chi connectivity index (χ3n) is 6.47. The van der Waals surface area contributed by atoms with Crippen molar-refractivity contribution >= 4 is 16.1 Å². The molecule has 4 bridgehead atoms. The normalized spacial score (nSPS) is 34.4. The van der Waals surface area contributed by atoms with Gasteiger partial charge >= 0.3 is 5.97 Å². The molecule has 146 valence electrons. The fourth-order valence-corrected chi connectivity index (χ4v) is 7.49. The Hall–Kier alpha value is -1.66. The highest BCUT2D eigenvalue weighted by molar-refractivity contribution is 7.86. The molecule has 2 unspecified atom stereocenters. The van der Waals surface area contributed by atoms with Crippen molar-refractivity contribution < 1.29 is 22.1 Å². The molecule has 4 aliphatic carbocycles. The van der Waals surface area contributed by atoms with Gasteiger partial charge in [-0.15, -0.1) is 0 Å². The van der Waals surface area contributed by atoms with Crippen LogP contribution in [-0.4, -0.2) is 26.6 Å². The standard InChI is InChI=1S/C21H26O5S/c1-3-19(22)25-14-20-9-16-8-17(10-20)12-21(11-16,13-20)26-27(23,24)18-7-5-4-6-15(18)2/h3-7,16-17H,1,8-14H2,2H3. The summed E-state index contributed by atoms with van der Waals surface area (Å²) in [4.78, 5) is 11.8. The Morgan fingerprint density at radius 3 is 2.52 bits per heavy atom. The summed E-state index contributed by atoms with van der Waals surface area (Å²) in [6.07, 6.45) is 6.41. The van der Waals surface area contributed by atoms with Crippen LogP contribution in [0.5, 0.6) is 0 Å². The van der Waals surface area contributed by atoms with Gasteiger partial charge in [0.2, 0.25) is 0 Å². The van der Waals surface area contributed by atoms with Crippen molar-refractivity contribution in [3.63, 3.8) is 0 Å². The second-order valence-electron chi connectivity index (χ2n) is 8.76. The van der Waals surface area contributed by atoms with E-state index >= 15 is 0 Å². The zero-order valence-electron chi connectivity index (χ0n) is 15.6. The van der Waals surface area contributed by atoms with E-state index in [1.807, 2.05) is 6.07 Å². The van der Waals surface area contributed by atoms with Gasteiger partial charge in [0.15, 0.2) is 0 Å². The zero-order chi connectivity index (χ0) is 19.3. The molecule has 0 saturated heterocycles. The first kappa shape index (κ1) is 18.7. The van der Waals surface area contributed by atoms with E-state index < -0.39 is 21.7 Å². The van der Waals surface area contributed by atoms with E-state index in [2.05, 4.69) is 6.58 Å². The molecule has 1 aromatic carbocycles. The summed E-state index contributed by atoms with van der Waals surface area (Å²) in [6, 6.07) is 6.93. The number of esters is 1. The van der Waals surface area contributed by atoms with Crippen LogP contribution < -0.4 is 0 Å². The molecular weight excluding hydrogens is 364 g/mol. The van der Waals surface area contributed by atoms with Gasteiger partial charge < -0.3 is 4.74 Å². The molecule has 2 atom stereocenters. The first-order valence-corrected chi connectivity index (χ1v) is 11.0. The molecule has 0 N–H and O–H groups in total. The maximum Gasteiger partial charge on any atom is 0.330 e. The van der Waals surface area contributed by atoms with E-state index in [9.17, 15) is 13.2 Å². The molecule has 4 saturated carbocycles. The molecule has 27 heavy (non-hydrogen) atoms. The van der Waals surface area contributed by atoms with Gasteiger partial charge in [-0.25, -0.2) is 4.79 Å². The molecule has 0 aromatic heterocycles. The quantitative estimate of drug-likeness (QED) is 0.420. The van der Waals surface area contributed by atoms with Crippen LogP contribution in [0.2, 0.25) is 0 Å². The number of rotatable bonds is 6. The summed E-state index contributed by atoms with van der Waals surface area (Å²) in [6.45, 7) is 5.55. The van der Waals surface area contributed by atoms with Crippen LogP contribution >= 0.6 is 0 Å². The van der Waals surface area contributed by atoms with Crippen LogP contribution in [-0.2, 0) is 23.8 Å². The van der Waals surface area contributed by atoms with Crippen LogP contribution in [0, 0.1) is 24.2 Å². The lowest BCUT2D eigenvalue weighted by Crippen LogP contribution is -2.58. The van der Waals surface area contributed by atoms with Crippen molar-refractivity contribution in [1.82, 2.24) is 0 Å². The highest BCUT2D eigenvalue weighted by Crippen LogP contribution is 2.63. The Labute approximate surface area is 160 Å². The zero-order valence-corrected chi connectivity index (χ0v) is 16.5. The van der Waals surface area contributed by atoms with Gasteiger partial charge in [0.25, 0.3) is 10.1 Å². The first-order chi connectivity index (χ1) is 12.7. The van der Waals surface area contributed by atoms with Gasteiger partial charge in [0, 0.05) is 11.5 Å². The predicted molar refractivity (Wildman–Crippen MR) is 100 cm³/mol. The van der Waals surface area contributed by atoms with Gasteiger partial charge in [0.1, 0.15) is 0 Å². The monoisotopic (exact) mass is 390 g/mol. The molecule has 0 heterocycles. The molecule has 0 amide bonds. The number of ether oxygens (including phenoxy) is 1. The summed E-state index contributed by atoms with van der Waals surface area (Å²) in [5.41, 5.74) is -0.160. The topological polar surface area (TPSA) is 69.7 Å². The van der Waals surface area contributed by atoms with E-state index in [1.54, 1.807) is 25.1 Å². The lowest BCUT2D eigenvalue weighted by molar-refractivity contribution is -0.174. The van der Waals surface area contributed by atoms with E-state index in [1.165, 1.54) is 6.08 Å². The molecule has 0 aliphatic heterocycles. The molecule has 4 fully saturated rings. The summed E-state index contributed by atoms with van der Waals surface area (Å²) < 4.78 is 37.4. The summed E-state index contributed by atoms with van der Waals surface area (Å²) in [5, 5.41) is 0. The van der Waals surface area contributed by atoms with Crippen LogP contribution in [0.15, 0.2) is 41.8 Å². The SMILES string of the molecule is C=CC(=O)OCC12CC3CC(C1)CC(OS(=O)(=O)c1ccccc1C)(C3)C2. The van der Waals surface area contributed by atoms with E-state index in [-0.39, 0.29) is 10.3 Å². The van der Waals surface area contributed by atoms with Gasteiger partial charge in [0.05, 0.1) is 17.1 Å². The minimum Gasteiger partial charge on any atom is -0.462 e. The minimum absolute atomic E-state index is 0.177. The smallest absolute Gasteiger partial charge is 0.330 e. The Bertz CT molecular complexity index is 858. The van der Waals surface area contributed by atoms with Crippen molar-refractivity contribution in [3.05, 3.63) is 42.5 Å².